The van der Waals surface area contributed by atoms with E-state index in [1.807, 2.05) is 23.1 Å². The first kappa shape index (κ1) is 20.6. The Kier molecular flexibility index (Phi) is 5.57. The Balaban J connectivity index is 1.36. The molecule has 32 heavy (non-hydrogen) atoms. The zero-order valence-corrected chi connectivity index (χ0v) is 19.0. The number of thiazole rings is 1. The minimum absolute atomic E-state index is 0.0202. The van der Waals surface area contributed by atoms with E-state index in [0.717, 1.165) is 35.5 Å². The largest absolute Gasteiger partial charge is 0.497 e. The molecule has 0 atom stereocenters. The molecule has 2 heterocycles. The lowest BCUT2D eigenvalue weighted by Gasteiger charge is -2.23. The monoisotopic (exact) mass is 447 g/mol. The normalized spacial score (nSPS) is 13.3. The van der Waals surface area contributed by atoms with Crippen LogP contribution in [0.5, 0.6) is 11.5 Å². The van der Waals surface area contributed by atoms with E-state index in [2.05, 4.69) is 28.1 Å². The van der Waals surface area contributed by atoms with Gasteiger partial charge >= 0.3 is 0 Å². The number of imidazole rings is 1. The van der Waals surface area contributed by atoms with Crippen LogP contribution in [0.3, 0.4) is 0 Å². The van der Waals surface area contributed by atoms with Gasteiger partial charge in [-0.05, 0) is 25.0 Å². The minimum Gasteiger partial charge on any atom is -0.497 e. The fraction of sp³-hybridized carbons (Fsp3) is 0.280. The van der Waals surface area contributed by atoms with Gasteiger partial charge in [-0.15, -0.1) is 11.3 Å². The molecule has 2 aromatic heterocycles. The van der Waals surface area contributed by atoms with Crippen LogP contribution in [-0.2, 0) is 6.42 Å². The van der Waals surface area contributed by atoms with Crippen molar-refractivity contribution in [1.82, 2.24) is 14.3 Å². The maximum atomic E-state index is 13.4. The molecule has 1 amide bonds. The fourth-order valence-electron chi connectivity index (χ4n) is 3.92. The number of fused-ring (bicyclic) bond motifs is 1. The number of aromatic nitrogens is 2. The molecule has 0 unspecified atom stereocenters. The average Bonchev–Trinajstić information content (AvgIpc) is 3.47. The maximum absolute atomic E-state index is 13.4. The second-order valence-corrected chi connectivity index (χ2v) is 8.79. The molecule has 1 saturated carbocycles. The summed E-state index contributed by atoms with van der Waals surface area (Å²) in [7, 11) is 3.19. The number of carbonyl (C=O) groups excluding carboxylic acids is 1. The number of nitrogens with zero attached hydrogens (tertiary/aromatic N) is 3. The van der Waals surface area contributed by atoms with Crippen LogP contribution in [-0.4, -0.2) is 47.0 Å². The number of hydrogen-bond donors (Lipinski definition) is 0. The molecule has 0 saturated heterocycles. The van der Waals surface area contributed by atoms with Crippen molar-refractivity contribution in [2.24, 2.45) is 0 Å². The molecular formula is C25H25N3O3S. The Morgan fingerprint density at radius 3 is 2.50 bits per heavy atom. The van der Waals surface area contributed by atoms with Gasteiger partial charge in [-0.2, -0.15) is 0 Å². The zero-order chi connectivity index (χ0) is 22.1. The van der Waals surface area contributed by atoms with Crippen LogP contribution in [0.25, 0.3) is 16.2 Å². The van der Waals surface area contributed by atoms with E-state index in [9.17, 15) is 4.79 Å². The smallest absolute Gasteiger partial charge is 0.254 e. The molecule has 1 aliphatic rings. The highest BCUT2D eigenvalue weighted by Gasteiger charge is 2.33. The van der Waals surface area contributed by atoms with Gasteiger partial charge in [0, 0.05) is 53.5 Å². The van der Waals surface area contributed by atoms with Gasteiger partial charge < -0.3 is 14.4 Å². The van der Waals surface area contributed by atoms with Crippen LogP contribution in [0.4, 0.5) is 0 Å². The summed E-state index contributed by atoms with van der Waals surface area (Å²) in [4.78, 5) is 21.1. The van der Waals surface area contributed by atoms with E-state index in [4.69, 9.17) is 14.5 Å². The topological polar surface area (TPSA) is 56.1 Å². The first-order valence-corrected chi connectivity index (χ1v) is 11.6. The quantitative estimate of drug-likeness (QED) is 0.384. The minimum atomic E-state index is 0.0202. The third-order valence-electron chi connectivity index (χ3n) is 5.81. The van der Waals surface area contributed by atoms with Crippen molar-refractivity contribution in [3.8, 4) is 22.8 Å². The lowest BCUT2D eigenvalue weighted by Crippen LogP contribution is -2.35. The molecule has 6 nitrogen and oxygen atoms in total. The Bertz CT molecular complexity index is 1220. The molecule has 7 heteroatoms. The molecule has 0 N–H and O–H groups in total. The number of carbonyl (C=O) groups is 1. The van der Waals surface area contributed by atoms with Gasteiger partial charge in [-0.3, -0.25) is 9.20 Å². The van der Waals surface area contributed by atoms with Crippen LogP contribution in [0, 0.1) is 0 Å². The predicted molar refractivity (Wildman–Crippen MR) is 126 cm³/mol. The zero-order valence-electron chi connectivity index (χ0n) is 18.2. The predicted octanol–water partition coefficient (Wildman–Crippen LogP) is 4.93. The van der Waals surface area contributed by atoms with E-state index >= 15 is 0 Å². The highest BCUT2D eigenvalue weighted by atomic mass is 32.1. The van der Waals surface area contributed by atoms with Crippen LogP contribution in [0.2, 0.25) is 0 Å². The molecule has 1 aliphatic carbocycles. The lowest BCUT2D eigenvalue weighted by atomic mass is 10.1. The van der Waals surface area contributed by atoms with Crippen molar-refractivity contribution in [2.45, 2.75) is 25.3 Å². The van der Waals surface area contributed by atoms with E-state index in [-0.39, 0.29) is 5.91 Å². The average molecular weight is 448 g/mol. The van der Waals surface area contributed by atoms with Crippen molar-refractivity contribution < 1.29 is 14.3 Å². The van der Waals surface area contributed by atoms with Crippen LogP contribution in [0.1, 0.15) is 28.9 Å². The molecule has 0 aliphatic heterocycles. The SMILES string of the molecule is COc1cc(OC)cc(C(=O)N(CCc2csc3nc(-c4ccccc4)cn23)C2CC2)c1. The fourth-order valence-corrected chi connectivity index (χ4v) is 4.83. The van der Waals surface area contributed by atoms with Gasteiger partial charge in [0.25, 0.3) is 5.91 Å². The Hall–Kier alpha value is -3.32. The van der Waals surface area contributed by atoms with Crippen LogP contribution in [0.15, 0.2) is 60.1 Å². The van der Waals surface area contributed by atoms with Crippen molar-refractivity contribution in [1.29, 1.82) is 0 Å². The highest BCUT2D eigenvalue weighted by Crippen LogP contribution is 2.31. The number of hydrogen-bond acceptors (Lipinski definition) is 5. The third-order valence-corrected chi connectivity index (χ3v) is 6.70. The van der Waals surface area contributed by atoms with Crippen molar-refractivity contribution >= 4 is 22.2 Å². The number of amides is 1. The summed E-state index contributed by atoms with van der Waals surface area (Å²) < 4.78 is 12.8. The molecular weight excluding hydrogens is 422 g/mol. The molecule has 0 radical (unpaired) electrons. The highest BCUT2D eigenvalue weighted by molar-refractivity contribution is 7.15. The Morgan fingerprint density at radius 2 is 1.84 bits per heavy atom. The first-order valence-electron chi connectivity index (χ1n) is 10.7. The second-order valence-electron chi connectivity index (χ2n) is 7.95. The van der Waals surface area contributed by atoms with Gasteiger partial charge in [0.15, 0.2) is 4.96 Å². The molecule has 0 spiro atoms. The molecule has 2 aromatic carbocycles. The standard InChI is InChI=1S/C25H25N3O3S/c1-30-21-12-18(13-22(14-21)31-2)24(29)27(19-8-9-19)11-10-20-16-32-25-26-23(15-28(20)25)17-6-4-3-5-7-17/h3-7,12-16,19H,8-11H2,1-2H3. The maximum Gasteiger partial charge on any atom is 0.254 e. The Labute approximate surface area is 191 Å². The lowest BCUT2D eigenvalue weighted by molar-refractivity contribution is 0.0744. The van der Waals surface area contributed by atoms with E-state index < -0.39 is 0 Å². The molecule has 1 fully saturated rings. The molecule has 164 valence electrons. The van der Waals surface area contributed by atoms with Crippen LogP contribution < -0.4 is 9.47 Å². The molecule has 5 rings (SSSR count). The summed E-state index contributed by atoms with van der Waals surface area (Å²) in [5.74, 6) is 1.26. The number of benzene rings is 2. The third kappa shape index (κ3) is 4.08. The number of methoxy groups -OCH3 is 2. The second kappa shape index (κ2) is 8.67. The van der Waals surface area contributed by atoms with E-state index in [1.165, 1.54) is 5.69 Å². The van der Waals surface area contributed by atoms with Crippen molar-refractivity contribution in [2.75, 3.05) is 20.8 Å². The van der Waals surface area contributed by atoms with Gasteiger partial charge in [0.1, 0.15) is 11.5 Å². The van der Waals surface area contributed by atoms with Crippen LogP contribution >= 0.6 is 11.3 Å². The summed E-state index contributed by atoms with van der Waals surface area (Å²) in [6.07, 6.45) is 4.96. The van der Waals surface area contributed by atoms with Crippen molar-refractivity contribution in [3.63, 3.8) is 0 Å². The summed E-state index contributed by atoms with van der Waals surface area (Å²) in [5.41, 5.74) is 3.84. The van der Waals surface area contributed by atoms with E-state index in [0.29, 0.717) is 29.6 Å². The van der Waals surface area contributed by atoms with E-state index in [1.54, 1.807) is 43.8 Å². The summed E-state index contributed by atoms with van der Waals surface area (Å²) in [6.45, 7) is 0.660. The van der Waals surface area contributed by atoms with Gasteiger partial charge in [0.05, 0.1) is 19.9 Å². The Morgan fingerprint density at radius 1 is 1.12 bits per heavy atom. The van der Waals surface area contributed by atoms with Gasteiger partial charge in [0.2, 0.25) is 0 Å². The summed E-state index contributed by atoms with van der Waals surface area (Å²) in [5, 5.41) is 2.14. The first-order chi connectivity index (χ1) is 15.7. The molecule has 4 aromatic rings. The van der Waals surface area contributed by atoms with Gasteiger partial charge in [-0.1, -0.05) is 30.3 Å². The van der Waals surface area contributed by atoms with Crippen molar-refractivity contribution in [3.05, 3.63) is 71.4 Å². The number of ether oxygens (including phenoxy) is 2. The summed E-state index contributed by atoms with van der Waals surface area (Å²) in [6, 6.07) is 15.8. The number of rotatable bonds is 8. The van der Waals surface area contributed by atoms with Gasteiger partial charge in [-0.25, -0.2) is 4.98 Å². The summed E-state index contributed by atoms with van der Waals surface area (Å²) >= 11 is 1.64. The molecule has 0 bridgehead atoms.